The highest BCUT2D eigenvalue weighted by Crippen LogP contribution is 2.33. The summed E-state index contributed by atoms with van der Waals surface area (Å²) in [7, 11) is 0. The first kappa shape index (κ1) is 12.6. The molecule has 1 saturated carbocycles. The summed E-state index contributed by atoms with van der Waals surface area (Å²) in [5, 5.41) is 14.5. The van der Waals surface area contributed by atoms with Gasteiger partial charge in [-0.2, -0.15) is 4.98 Å². The molecule has 0 amide bonds. The molecule has 2 atom stereocenters. The quantitative estimate of drug-likeness (QED) is 0.938. The molecule has 2 aromatic rings. The molecule has 1 fully saturated rings. The number of aliphatic hydroxyl groups excluding tert-OH is 1. The summed E-state index contributed by atoms with van der Waals surface area (Å²) in [6.07, 6.45) is 2.99. The molecule has 1 aliphatic rings. The molecule has 1 N–H and O–H groups in total. The van der Waals surface area contributed by atoms with Gasteiger partial charge in [0.1, 0.15) is 0 Å². The van der Waals surface area contributed by atoms with Crippen molar-refractivity contribution in [1.82, 2.24) is 10.1 Å². The third-order valence-corrected chi connectivity index (χ3v) is 3.77. The number of benzene rings is 1. The van der Waals surface area contributed by atoms with Gasteiger partial charge in [0.15, 0.2) is 5.82 Å². The SMILES string of the molecule is OC1CCCC1c1nc(Cc2cccc(Cl)c2)no1. The van der Waals surface area contributed by atoms with E-state index in [1.165, 1.54) is 0 Å². The highest BCUT2D eigenvalue weighted by atomic mass is 35.5. The lowest BCUT2D eigenvalue weighted by Gasteiger charge is -2.07. The Labute approximate surface area is 116 Å². The van der Waals surface area contributed by atoms with Crippen LogP contribution in [-0.2, 0) is 6.42 Å². The normalized spacial score (nSPS) is 22.8. The van der Waals surface area contributed by atoms with Crippen LogP contribution in [0.25, 0.3) is 0 Å². The zero-order valence-corrected chi connectivity index (χ0v) is 11.2. The summed E-state index contributed by atoms with van der Waals surface area (Å²) in [5.41, 5.74) is 1.05. The van der Waals surface area contributed by atoms with E-state index in [9.17, 15) is 5.11 Å². The van der Waals surface area contributed by atoms with E-state index in [-0.39, 0.29) is 12.0 Å². The fourth-order valence-electron chi connectivity index (χ4n) is 2.55. The summed E-state index contributed by atoms with van der Waals surface area (Å²) in [4.78, 5) is 4.39. The van der Waals surface area contributed by atoms with Crippen LogP contribution in [0.3, 0.4) is 0 Å². The van der Waals surface area contributed by atoms with Gasteiger partial charge in [-0.25, -0.2) is 0 Å². The smallest absolute Gasteiger partial charge is 0.232 e. The van der Waals surface area contributed by atoms with E-state index >= 15 is 0 Å². The number of nitrogens with zero attached hydrogens (tertiary/aromatic N) is 2. The zero-order chi connectivity index (χ0) is 13.2. The Bertz CT molecular complexity index is 570. The molecule has 1 aliphatic carbocycles. The molecule has 100 valence electrons. The third-order valence-electron chi connectivity index (χ3n) is 3.53. The van der Waals surface area contributed by atoms with Crippen LogP contribution < -0.4 is 0 Å². The Morgan fingerprint density at radius 3 is 3.00 bits per heavy atom. The summed E-state index contributed by atoms with van der Waals surface area (Å²) >= 11 is 5.94. The molecule has 0 aliphatic heterocycles. The maximum atomic E-state index is 9.83. The van der Waals surface area contributed by atoms with Crippen LogP contribution in [0.4, 0.5) is 0 Å². The zero-order valence-electron chi connectivity index (χ0n) is 10.4. The minimum absolute atomic E-state index is 0.000566. The van der Waals surface area contributed by atoms with Gasteiger partial charge in [0.25, 0.3) is 0 Å². The first-order chi connectivity index (χ1) is 9.22. The molecular formula is C14H15ClN2O2. The maximum absolute atomic E-state index is 9.83. The average molecular weight is 279 g/mol. The molecule has 4 nitrogen and oxygen atoms in total. The number of hydrogen-bond donors (Lipinski definition) is 1. The van der Waals surface area contributed by atoms with Crippen LogP contribution in [0.5, 0.6) is 0 Å². The van der Waals surface area contributed by atoms with Crippen molar-refractivity contribution in [3.63, 3.8) is 0 Å². The van der Waals surface area contributed by atoms with E-state index < -0.39 is 0 Å². The van der Waals surface area contributed by atoms with Gasteiger partial charge in [-0.05, 0) is 37.0 Å². The van der Waals surface area contributed by atoms with Crippen molar-refractivity contribution in [2.24, 2.45) is 0 Å². The molecule has 0 spiro atoms. The topological polar surface area (TPSA) is 59.2 Å². The Morgan fingerprint density at radius 1 is 1.37 bits per heavy atom. The fourth-order valence-corrected chi connectivity index (χ4v) is 2.76. The molecule has 5 heteroatoms. The van der Waals surface area contributed by atoms with Gasteiger partial charge in [0.2, 0.25) is 5.89 Å². The second kappa shape index (κ2) is 5.31. The summed E-state index contributed by atoms with van der Waals surface area (Å²) in [6, 6.07) is 7.61. The summed E-state index contributed by atoms with van der Waals surface area (Å²) in [5.74, 6) is 1.19. The standard InChI is InChI=1S/C14H15ClN2O2/c15-10-4-1-3-9(7-10)8-13-16-14(19-17-13)11-5-2-6-12(11)18/h1,3-4,7,11-12,18H,2,5-6,8H2. The van der Waals surface area contributed by atoms with Gasteiger partial charge in [-0.3, -0.25) is 0 Å². The second-order valence-electron chi connectivity index (χ2n) is 4.96. The van der Waals surface area contributed by atoms with E-state index in [1.807, 2.05) is 24.3 Å². The van der Waals surface area contributed by atoms with Crippen LogP contribution >= 0.6 is 11.6 Å². The molecule has 1 aromatic heterocycles. The predicted molar refractivity (Wildman–Crippen MR) is 71.2 cm³/mol. The number of halogens is 1. The highest BCUT2D eigenvalue weighted by molar-refractivity contribution is 6.30. The number of hydrogen-bond acceptors (Lipinski definition) is 4. The number of aliphatic hydroxyl groups is 1. The van der Waals surface area contributed by atoms with Gasteiger partial charge in [0, 0.05) is 11.4 Å². The predicted octanol–water partition coefficient (Wildman–Crippen LogP) is 2.94. The molecule has 3 rings (SSSR count). The Balaban J connectivity index is 1.74. The third kappa shape index (κ3) is 2.80. The molecular weight excluding hydrogens is 264 g/mol. The van der Waals surface area contributed by atoms with Crippen molar-refractivity contribution >= 4 is 11.6 Å². The van der Waals surface area contributed by atoms with Crippen LogP contribution in [-0.4, -0.2) is 21.4 Å². The van der Waals surface area contributed by atoms with Crippen molar-refractivity contribution in [3.05, 3.63) is 46.6 Å². The van der Waals surface area contributed by atoms with E-state index in [4.69, 9.17) is 16.1 Å². The van der Waals surface area contributed by atoms with Crippen molar-refractivity contribution in [2.45, 2.75) is 37.7 Å². The van der Waals surface area contributed by atoms with Gasteiger partial charge in [0.05, 0.1) is 12.0 Å². The maximum Gasteiger partial charge on any atom is 0.232 e. The van der Waals surface area contributed by atoms with Gasteiger partial charge < -0.3 is 9.63 Å². The van der Waals surface area contributed by atoms with Gasteiger partial charge in [-0.15, -0.1) is 0 Å². The van der Waals surface area contributed by atoms with E-state index in [2.05, 4.69) is 10.1 Å². The van der Waals surface area contributed by atoms with Crippen molar-refractivity contribution in [1.29, 1.82) is 0 Å². The van der Waals surface area contributed by atoms with Crippen LogP contribution in [0, 0.1) is 0 Å². The van der Waals surface area contributed by atoms with Crippen LogP contribution in [0.15, 0.2) is 28.8 Å². The number of aromatic nitrogens is 2. The van der Waals surface area contributed by atoms with Gasteiger partial charge >= 0.3 is 0 Å². The highest BCUT2D eigenvalue weighted by Gasteiger charge is 2.31. The van der Waals surface area contributed by atoms with Crippen LogP contribution in [0.2, 0.25) is 5.02 Å². The van der Waals surface area contributed by atoms with Crippen LogP contribution in [0.1, 0.15) is 42.5 Å². The second-order valence-corrected chi connectivity index (χ2v) is 5.40. The molecule has 2 unspecified atom stereocenters. The Kier molecular flexibility index (Phi) is 3.53. The van der Waals surface area contributed by atoms with Crippen molar-refractivity contribution in [3.8, 4) is 0 Å². The lowest BCUT2D eigenvalue weighted by molar-refractivity contribution is 0.148. The van der Waals surface area contributed by atoms with E-state index in [0.29, 0.717) is 23.2 Å². The Morgan fingerprint density at radius 2 is 2.26 bits per heavy atom. The molecule has 1 aromatic carbocycles. The molecule has 0 saturated heterocycles. The van der Waals surface area contributed by atoms with Crippen molar-refractivity contribution in [2.75, 3.05) is 0 Å². The minimum Gasteiger partial charge on any atom is -0.392 e. The summed E-state index contributed by atoms with van der Waals surface area (Å²) < 4.78 is 5.27. The van der Waals surface area contributed by atoms with E-state index in [0.717, 1.165) is 24.8 Å². The minimum atomic E-state index is -0.348. The first-order valence-electron chi connectivity index (χ1n) is 6.47. The lowest BCUT2D eigenvalue weighted by atomic mass is 10.1. The van der Waals surface area contributed by atoms with Gasteiger partial charge in [-0.1, -0.05) is 28.9 Å². The molecule has 19 heavy (non-hydrogen) atoms. The monoisotopic (exact) mass is 278 g/mol. The average Bonchev–Trinajstić information content (AvgIpc) is 2.98. The first-order valence-corrected chi connectivity index (χ1v) is 6.85. The molecule has 1 heterocycles. The fraction of sp³-hybridized carbons (Fsp3) is 0.429. The molecule has 0 radical (unpaired) electrons. The largest absolute Gasteiger partial charge is 0.392 e. The van der Waals surface area contributed by atoms with E-state index in [1.54, 1.807) is 0 Å². The molecule has 0 bridgehead atoms. The lowest BCUT2D eigenvalue weighted by Crippen LogP contribution is -2.11. The van der Waals surface area contributed by atoms with Crippen molar-refractivity contribution < 1.29 is 9.63 Å². The number of rotatable bonds is 3. The summed E-state index contributed by atoms with van der Waals surface area (Å²) in [6.45, 7) is 0. The Hall–Kier alpha value is -1.39.